The number of nitrogens with zero attached hydrogens (tertiary/aromatic N) is 2. The molecule has 0 aliphatic carbocycles. The number of halogens is 3. The first-order chi connectivity index (χ1) is 20.5. The zero-order valence-electron chi connectivity index (χ0n) is 23.4. The van der Waals surface area contributed by atoms with Crippen LogP contribution in [-0.4, -0.2) is 57.2 Å². The number of alkyl halides is 3. The van der Waals surface area contributed by atoms with Gasteiger partial charge in [-0.15, -0.1) is 0 Å². The van der Waals surface area contributed by atoms with Crippen LogP contribution < -0.4 is 20.1 Å². The van der Waals surface area contributed by atoms with Gasteiger partial charge in [-0.1, -0.05) is 17.1 Å². The number of hydrogen-bond donors (Lipinski definition) is 3. The molecule has 4 aromatic rings. The van der Waals surface area contributed by atoms with Crippen molar-refractivity contribution in [3.8, 4) is 17.6 Å². The number of rotatable bonds is 9. The molecular formula is C29H30F3N5O5S. The number of anilines is 3. The zero-order valence-corrected chi connectivity index (χ0v) is 24.2. The molecule has 3 N–H and O–H groups in total. The number of fused-ring (bicyclic) bond motifs is 1. The molecule has 43 heavy (non-hydrogen) atoms. The van der Waals surface area contributed by atoms with Crippen molar-refractivity contribution in [2.75, 3.05) is 42.2 Å². The summed E-state index contributed by atoms with van der Waals surface area (Å²) in [6.07, 6.45) is -2.82. The summed E-state index contributed by atoms with van der Waals surface area (Å²) in [5, 5.41) is 10.8. The van der Waals surface area contributed by atoms with Gasteiger partial charge in [0.05, 0.1) is 35.4 Å². The Kier molecular flexibility index (Phi) is 8.74. The van der Waals surface area contributed by atoms with Crippen LogP contribution >= 0.6 is 0 Å². The van der Waals surface area contributed by atoms with Crippen LogP contribution in [0.2, 0.25) is 0 Å². The minimum Gasteiger partial charge on any atom is -0.495 e. The average molecular weight is 618 g/mol. The van der Waals surface area contributed by atoms with Gasteiger partial charge >= 0.3 is 6.18 Å². The monoisotopic (exact) mass is 617 g/mol. The second-order valence-electron chi connectivity index (χ2n) is 9.95. The summed E-state index contributed by atoms with van der Waals surface area (Å²) in [6.45, 7) is 1.78. The third-order valence-electron chi connectivity index (χ3n) is 6.80. The van der Waals surface area contributed by atoms with Gasteiger partial charge in [-0.2, -0.15) is 13.2 Å². The Morgan fingerprint density at radius 1 is 1.12 bits per heavy atom. The maximum atomic E-state index is 13.6. The summed E-state index contributed by atoms with van der Waals surface area (Å²) in [6, 6.07) is 12.7. The van der Waals surface area contributed by atoms with E-state index >= 15 is 0 Å². The fourth-order valence-electron chi connectivity index (χ4n) is 4.80. The van der Waals surface area contributed by atoms with Crippen molar-refractivity contribution >= 4 is 38.1 Å². The topological polar surface area (TPSA) is 120 Å². The van der Waals surface area contributed by atoms with Gasteiger partial charge < -0.3 is 29.2 Å². The number of hydrogen-bond acceptors (Lipinski definition) is 8. The van der Waals surface area contributed by atoms with E-state index in [1.165, 1.54) is 35.9 Å². The number of sulfonamides is 1. The first-order valence-corrected chi connectivity index (χ1v) is 14.9. The van der Waals surface area contributed by atoms with Crippen LogP contribution in [0.1, 0.15) is 24.3 Å². The fourth-order valence-corrected chi connectivity index (χ4v) is 5.79. The van der Waals surface area contributed by atoms with E-state index in [0.29, 0.717) is 35.6 Å². The van der Waals surface area contributed by atoms with Gasteiger partial charge in [-0.3, -0.25) is 4.72 Å². The van der Waals surface area contributed by atoms with Crippen LogP contribution in [0.15, 0.2) is 57.9 Å². The normalized spacial score (nSPS) is 14.3. The first-order valence-electron chi connectivity index (χ1n) is 13.4. The molecule has 1 aliphatic rings. The maximum absolute atomic E-state index is 13.6. The van der Waals surface area contributed by atoms with Gasteiger partial charge in [-0.05, 0) is 56.0 Å². The minimum atomic E-state index is -4.44. The van der Waals surface area contributed by atoms with E-state index in [-0.39, 0.29) is 34.7 Å². The molecule has 0 saturated carbocycles. The van der Waals surface area contributed by atoms with Crippen LogP contribution in [0, 0.1) is 18.8 Å². The molecule has 0 bridgehead atoms. The molecule has 0 spiro atoms. The summed E-state index contributed by atoms with van der Waals surface area (Å²) >= 11 is 0. The van der Waals surface area contributed by atoms with Crippen molar-refractivity contribution in [1.82, 2.24) is 9.72 Å². The molecule has 0 atom stereocenters. The molecule has 1 aliphatic heterocycles. The highest BCUT2D eigenvalue weighted by Gasteiger charge is 2.30. The van der Waals surface area contributed by atoms with Crippen LogP contribution in [0.25, 0.3) is 10.9 Å². The molecule has 0 unspecified atom stereocenters. The standard InChI is InChI=1S/C29H30F3N5O5S/c1-19-15-28(35-42-19)36-43(38,39)22-8-9-25(27(17-22)40-2)33-12-4-5-21-16-23-24(34-20-10-13-41-14-11-20)6-3-7-26(23)37(21)18-29(30,31)32/h3,6-9,15-17,20,33-34H,10-14,18H2,1-2H3,(H,35,36). The highest BCUT2D eigenvalue weighted by atomic mass is 32.2. The highest BCUT2D eigenvalue weighted by molar-refractivity contribution is 7.92. The molecule has 0 radical (unpaired) electrons. The molecule has 10 nitrogen and oxygen atoms in total. The van der Waals surface area contributed by atoms with Crippen LogP contribution in [0.5, 0.6) is 5.75 Å². The summed E-state index contributed by atoms with van der Waals surface area (Å²) in [5.74, 6) is 6.47. The van der Waals surface area contributed by atoms with Gasteiger partial charge in [0.25, 0.3) is 10.0 Å². The lowest BCUT2D eigenvalue weighted by molar-refractivity contribution is -0.140. The number of nitrogens with one attached hydrogen (secondary N) is 3. The Balaban J connectivity index is 1.35. The molecule has 1 saturated heterocycles. The Hall–Kier alpha value is -4.35. The summed E-state index contributed by atoms with van der Waals surface area (Å²) < 4.78 is 85.4. The number of ether oxygens (including phenoxy) is 2. The van der Waals surface area contributed by atoms with E-state index in [4.69, 9.17) is 14.0 Å². The SMILES string of the molecule is COc1cc(S(=O)(=O)Nc2cc(C)on2)ccc1NCC#Cc1cc2c(NC3CCOCC3)cccc2n1CC(F)(F)F. The Labute approximate surface area is 246 Å². The maximum Gasteiger partial charge on any atom is 0.406 e. The summed E-state index contributed by atoms with van der Waals surface area (Å²) in [4.78, 5) is -0.0662. The molecule has 2 aromatic heterocycles. The van der Waals surface area contributed by atoms with Gasteiger partial charge in [0.1, 0.15) is 18.1 Å². The number of methoxy groups -OCH3 is 1. The molecule has 1 fully saturated rings. The Morgan fingerprint density at radius 3 is 2.60 bits per heavy atom. The van der Waals surface area contributed by atoms with E-state index in [2.05, 4.69) is 32.4 Å². The van der Waals surface area contributed by atoms with Gasteiger partial charge in [0.2, 0.25) is 0 Å². The van der Waals surface area contributed by atoms with Crippen molar-refractivity contribution in [2.45, 2.75) is 43.4 Å². The minimum absolute atomic E-state index is 0.0448. The van der Waals surface area contributed by atoms with Crippen molar-refractivity contribution in [2.24, 2.45) is 0 Å². The Bertz CT molecular complexity index is 1770. The third-order valence-corrected chi connectivity index (χ3v) is 8.15. The molecule has 2 aromatic carbocycles. The lowest BCUT2D eigenvalue weighted by Gasteiger charge is -2.24. The number of aryl methyl sites for hydroxylation is 1. The smallest absolute Gasteiger partial charge is 0.406 e. The average Bonchev–Trinajstić information content (AvgIpc) is 3.53. The lowest BCUT2D eigenvalue weighted by Crippen LogP contribution is -2.27. The second kappa shape index (κ2) is 12.5. The molecule has 14 heteroatoms. The van der Waals surface area contributed by atoms with Crippen LogP contribution in [0.3, 0.4) is 0 Å². The largest absolute Gasteiger partial charge is 0.495 e. The van der Waals surface area contributed by atoms with Gasteiger partial charge in [0.15, 0.2) is 5.82 Å². The first kappa shape index (κ1) is 30.1. The second-order valence-corrected chi connectivity index (χ2v) is 11.6. The molecular weight excluding hydrogens is 587 g/mol. The van der Waals surface area contributed by atoms with E-state index in [9.17, 15) is 21.6 Å². The predicted molar refractivity (Wildman–Crippen MR) is 156 cm³/mol. The highest BCUT2D eigenvalue weighted by Crippen LogP contribution is 2.32. The van der Waals surface area contributed by atoms with Crippen molar-refractivity contribution < 1.29 is 35.6 Å². The third kappa shape index (κ3) is 7.36. The summed E-state index contributed by atoms with van der Waals surface area (Å²) in [7, 11) is -2.58. The molecule has 0 amide bonds. The van der Waals surface area contributed by atoms with E-state index in [1.807, 2.05) is 6.07 Å². The lowest BCUT2D eigenvalue weighted by atomic mass is 10.1. The number of aromatic nitrogens is 2. The summed E-state index contributed by atoms with van der Waals surface area (Å²) in [5.41, 5.74) is 1.85. The Morgan fingerprint density at radius 2 is 1.91 bits per heavy atom. The van der Waals surface area contributed by atoms with Gasteiger partial charge in [-0.25, -0.2) is 8.42 Å². The zero-order chi connectivity index (χ0) is 30.6. The number of benzene rings is 2. The van der Waals surface area contributed by atoms with Crippen LogP contribution in [-0.2, 0) is 21.3 Å². The van der Waals surface area contributed by atoms with E-state index in [0.717, 1.165) is 18.5 Å². The quantitative estimate of drug-likeness (QED) is 0.215. The van der Waals surface area contributed by atoms with Gasteiger partial charge in [0, 0.05) is 42.5 Å². The molecule has 3 heterocycles. The van der Waals surface area contributed by atoms with Crippen molar-refractivity contribution in [1.29, 1.82) is 0 Å². The van der Waals surface area contributed by atoms with Crippen molar-refractivity contribution in [3.05, 3.63) is 60.0 Å². The molecule has 5 rings (SSSR count). The van der Waals surface area contributed by atoms with Crippen LogP contribution in [0.4, 0.5) is 30.4 Å². The van der Waals surface area contributed by atoms with E-state index in [1.54, 1.807) is 25.1 Å². The molecule has 228 valence electrons. The van der Waals surface area contributed by atoms with Crippen molar-refractivity contribution in [3.63, 3.8) is 0 Å². The van der Waals surface area contributed by atoms with E-state index < -0.39 is 22.7 Å². The fraction of sp³-hybridized carbons (Fsp3) is 0.345. The predicted octanol–water partition coefficient (Wildman–Crippen LogP) is 5.36.